The lowest BCUT2D eigenvalue weighted by molar-refractivity contribution is -0.119. The highest BCUT2D eigenvalue weighted by Crippen LogP contribution is 2.31. The van der Waals surface area contributed by atoms with Gasteiger partial charge < -0.3 is 29.0 Å². The fraction of sp³-hybridized carbons (Fsp3) is 0.478. The van der Waals surface area contributed by atoms with Crippen molar-refractivity contribution in [3.05, 3.63) is 29.6 Å². The average Bonchev–Trinajstić information content (AvgIpc) is 3.18. The van der Waals surface area contributed by atoms with E-state index in [2.05, 4.69) is 17.1 Å². The number of aryl methyl sites for hydroxylation is 2. The first kappa shape index (κ1) is 24.2. The number of thioether (sulfide) groups is 1. The van der Waals surface area contributed by atoms with Gasteiger partial charge in [-0.15, -0.1) is 0 Å². The molecule has 1 amide bonds. The van der Waals surface area contributed by atoms with Crippen LogP contribution in [0.2, 0.25) is 0 Å². The second-order valence-electron chi connectivity index (χ2n) is 7.85. The number of hydrogen-bond donors (Lipinski definition) is 1. The van der Waals surface area contributed by atoms with Crippen molar-refractivity contribution in [2.75, 3.05) is 57.3 Å². The number of carbonyl (C=O) groups is 1. The Morgan fingerprint density at radius 2 is 2.00 bits per heavy atom. The van der Waals surface area contributed by atoms with E-state index < -0.39 is 0 Å². The molecule has 34 heavy (non-hydrogen) atoms. The average molecular weight is 487 g/mol. The number of methoxy groups -OCH3 is 2. The van der Waals surface area contributed by atoms with Gasteiger partial charge in [-0.2, -0.15) is 0 Å². The largest absolute Gasteiger partial charge is 0.495 e. The number of nitrogens with one attached hydrogen (secondary N) is 1. The predicted octanol–water partition coefficient (Wildman–Crippen LogP) is 2.65. The van der Waals surface area contributed by atoms with Crippen LogP contribution in [0.1, 0.15) is 18.3 Å². The van der Waals surface area contributed by atoms with Crippen LogP contribution >= 0.6 is 11.8 Å². The lowest BCUT2D eigenvalue weighted by Crippen LogP contribution is -2.37. The molecule has 3 heterocycles. The summed E-state index contributed by atoms with van der Waals surface area (Å²) in [5.74, 6) is 2.81. The summed E-state index contributed by atoms with van der Waals surface area (Å²) >= 11 is 1.54. The van der Waals surface area contributed by atoms with Crippen molar-refractivity contribution in [3.8, 4) is 5.75 Å². The van der Waals surface area contributed by atoms with Gasteiger partial charge in [0.25, 0.3) is 0 Å². The summed E-state index contributed by atoms with van der Waals surface area (Å²) in [6, 6.07) is 5.72. The molecular formula is C23H30N6O4S. The van der Waals surface area contributed by atoms with Gasteiger partial charge in [0.1, 0.15) is 18.2 Å². The van der Waals surface area contributed by atoms with E-state index in [1.165, 1.54) is 7.11 Å². The molecule has 1 aromatic carbocycles. The monoisotopic (exact) mass is 486 g/mol. The third kappa shape index (κ3) is 5.26. The van der Waals surface area contributed by atoms with Gasteiger partial charge in [0.05, 0.1) is 26.0 Å². The second-order valence-corrected chi connectivity index (χ2v) is 8.79. The van der Waals surface area contributed by atoms with Gasteiger partial charge in [0.15, 0.2) is 22.1 Å². The number of carbonyl (C=O) groups excluding carboxylic acids is 1. The van der Waals surface area contributed by atoms with Gasteiger partial charge in [0.2, 0.25) is 5.91 Å². The number of fused-ring (bicyclic) bond motifs is 1. The van der Waals surface area contributed by atoms with Crippen LogP contribution in [0.3, 0.4) is 0 Å². The Morgan fingerprint density at radius 3 is 2.71 bits per heavy atom. The SMILES string of the molecule is CCc1nc2c(N3CCOCC3)nc(SCc3ccc(OC)c(NC(=O)COC)c3)nc2n1C. The highest BCUT2D eigenvalue weighted by atomic mass is 32.2. The summed E-state index contributed by atoms with van der Waals surface area (Å²) < 4.78 is 17.9. The molecule has 1 aliphatic heterocycles. The third-order valence-corrected chi connectivity index (χ3v) is 6.50. The quantitative estimate of drug-likeness (QED) is 0.361. The Hall–Kier alpha value is -2.89. The molecule has 0 saturated carbocycles. The van der Waals surface area contributed by atoms with Crippen LogP contribution in [0.15, 0.2) is 23.4 Å². The van der Waals surface area contributed by atoms with Gasteiger partial charge in [0, 0.05) is 39.4 Å². The summed E-state index contributed by atoms with van der Waals surface area (Å²) in [4.78, 5) is 28.8. The number of hydrogen-bond acceptors (Lipinski definition) is 9. The van der Waals surface area contributed by atoms with Crippen molar-refractivity contribution in [2.24, 2.45) is 7.05 Å². The molecule has 0 spiro atoms. The smallest absolute Gasteiger partial charge is 0.250 e. The molecule has 1 aliphatic rings. The maximum atomic E-state index is 12.0. The zero-order valence-electron chi connectivity index (χ0n) is 20.0. The van der Waals surface area contributed by atoms with E-state index in [9.17, 15) is 4.79 Å². The molecule has 4 rings (SSSR count). The van der Waals surface area contributed by atoms with Crippen molar-refractivity contribution in [1.82, 2.24) is 19.5 Å². The summed E-state index contributed by atoms with van der Waals surface area (Å²) in [5.41, 5.74) is 3.28. The molecule has 182 valence electrons. The van der Waals surface area contributed by atoms with Crippen LogP contribution in [-0.4, -0.2) is 72.6 Å². The Labute approximate surface area is 203 Å². The summed E-state index contributed by atoms with van der Waals surface area (Å²) in [7, 11) is 5.05. The van der Waals surface area contributed by atoms with Crippen molar-refractivity contribution in [2.45, 2.75) is 24.3 Å². The van der Waals surface area contributed by atoms with Crippen LogP contribution in [0.25, 0.3) is 11.2 Å². The van der Waals surface area contributed by atoms with Crippen LogP contribution < -0.4 is 15.0 Å². The fourth-order valence-corrected chi connectivity index (χ4v) is 4.63. The first-order valence-electron chi connectivity index (χ1n) is 11.2. The highest BCUT2D eigenvalue weighted by Gasteiger charge is 2.22. The Kier molecular flexibility index (Phi) is 7.86. The minimum atomic E-state index is -0.238. The van der Waals surface area contributed by atoms with Gasteiger partial charge in [-0.25, -0.2) is 15.0 Å². The summed E-state index contributed by atoms with van der Waals surface area (Å²) in [5, 5.41) is 3.52. The zero-order chi connectivity index (χ0) is 24.1. The lowest BCUT2D eigenvalue weighted by atomic mass is 10.2. The minimum Gasteiger partial charge on any atom is -0.495 e. The van der Waals surface area contributed by atoms with E-state index in [0.717, 1.165) is 47.9 Å². The number of aromatic nitrogens is 4. The zero-order valence-corrected chi connectivity index (χ0v) is 20.8. The molecule has 1 saturated heterocycles. The molecule has 1 N–H and O–H groups in total. The molecule has 0 atom stereocenters. The number of imidazole rings is 1. The highest BCUT2D eigenvalue weighted by molar-refractivity contribution is 7.98. The number of anilines is 2. The topological polar surface area (TPSA) is 104 Å². The van der Waals surface area contributed by atoms with Gasteiger partial charge in [-0.3, -0.25) is 4.79 Å². The molecule has 3 aromatic rings. The number of rotatable bonds is 9. The molecule has 11 heteroatoms. The standard InChI is InChI=1S/C23H30N6O4S/c1-5-18-25-20-21(28(18)2)26-23(27-22(20)29-8-10-33-11-9-29)34-14-15-6-7-17(32-4)16(12-15)24-19(30)13-31-3/h6-7,12H,5,8-11,13-14H2,1-4H3,(H,24,30). The molecule has 1 fully saturated rings. The molecule has 10 nitrogen and oxygen atoms in total. The number of morpholine rings is 1. The third-order valence-electron chi connectivity index (χ3n) is 5.58. The molecular weight excluding hydrogens is 456 g/mol. The lowest BCUT2D eigenvalue weighted by Gasteiger charge is -2.28. The Morgan fingerprint density at radius 1 is 1.21 bits per heavy atom. The van der Waals surface area contributed by atoms with Crippen LogP contribution in [-0.2, 0) is 33.5 Å². The van der Waals surface area contributed by atoms with Gasteiger partial charge in [-0.05, 0) is 17.7 Å². The van der Waals surface area contributed by atoms with E-state index in [1.807, 2.05) is 29.8 Å². The summed E-state index contributed by atoms with van der Waals surface area (Å²) in [6.45, 7) is 4.96. The van der Waals surface area contributed by atoms with Crippen molar-refractivity contribution < 1.29 is 19.0 Å². The minimum absolute atomic E-state index is 0.0231. The van der Waals surface area contributed by atoms with E-state index in [0.29, 0.717) is 35.6 Å². The normalized spacial score (nSPS) is 13.9. The Bertz CT molecular complexity index is 1160. The molecule has 0 aliphatic carbocycles. The molecule has 2 aromatic heterocycles. The molecule has 0 bridgehead atoms. The first-order chi connectivity index (χ1) is 16.5. The van der Waals surface area contributed by atoms with Crippen molar-refractivity contribution in [3.63, 3.8) is 0 Å². The van der Waals surface area contributed by atoms with Crippen molar-refractivity contribution >= 4 is 40.3 Å². The Balaban J connectivity index is 1.61. The number of ether oxygens (including phenoxy) is 3. The van der Waals surface area contributed by atoms with Crippen LogP contribution in [0, 0.1) is 0 Å². The second kappa shape index (κ2) is 11.0. The van der Waals surface area contributed by atoms with Crippen molar-refractivity contribution in [1.29, 1.82) is 0 Å². The van der Waals surface area contributed by atoms with E-state index >= 15 is 0 Å². The summed E-state index contributed by atoms with van der Waals surface area (Å²) in [6.07, 6.45) is 0.821. The maximum absolute atomic E-state index is 12.0. The number of benzene rings is 1. The number of amides is 1. The van der Waals surface area contributed by atoms with Crippen LogP contribution in [0.5, 0.6) is 5.75 Å². The first-order valence-corrected chi connectivity index (χ1v) is 12.2. The van der Waals surface area contributed by atoms with Gasteiger partial charge in [-0.1, -0.05) is 24.8 Å². The molecule has 0 unspecified atom stereocenters. The van der Waals surface area contributed by atoms with E-state index in [-0.39, 0.29) is 12.5 Å². The fourth-order valence-electron chi connectivity index (χ4n) is 3.86. The van der Waals surface area contributed by atoms with Gasteiger partial charge >= 0.3 is 0 Å². The molecule has 0 radical (unpaired) electrons. The number of nitrogens with zero attached hydrogens (tertiary/aromatic N) is 5. The predicted molar refractivity (Wildman–Crippen MR) is 132 cm³/mol. The van der Waals surface area contributed by atoms with E-state index in [4.69, 9.17) is 29.2 Å². The van der Waals surface area contributed by atoms with Crippen LogP contribution in [0.4, 0.5) is 11.5 Å². The maximum Gasteiger partial charge on any atom is 0.250 e. The van der Waals surface area contributed by atoms with E-state index in [1.54, 1.807) is 18.9 Å².